The lowest BCUT2D eigenvalue weighted by Gasteiger charge is -2.08. The molecule has 3 heterocycles. The number of carbonyl (C=O) groups excluding carboxylic acids is 1. The largest absolute Gasteiger partial charge is 0.454 e. The van der Waals surface area contributed by atoms with Crippen LogP contribution in [0.4, 0.5) is 5.69 Å². The van der Waals surface area contributed by atoms with Crippen molar-refractivity contribution in [3.63, 3.8) is 0 Å². The average molecular weight is 438 g/mol. The van der Waals surface area contributed by atoms with Gasteiger partial charge in [0.2, 0.25) is 0 Å². The van der Waals surface area contributed by atoms with Crippen molar-refractivity contribution in [3.05, 3.63) is 87.3 Å². The monoisotopic (exact) mass is 437 g/mol. The first kappa shape index (κ1) is 20.9. The average Bonchev–Trinajstić information content (AvgIpc) is 3.38. The van der Waals surface area contributed by atoms with E-state index in [9.17, 15) is 4.79 Å². The summed E-state index contributed by atoms with van der Waals surface area (Å²) < 4.78 is 9.45. The summed E-state index contributed by atoms with van der Waals surface area (Å²) in [7, 11) is 0. The molecule has 1 aromatic carbocycles. The highest BCUT2D eigenvalue weighted by molar-refractivity contribution is 6.31. The molecule has 0 bridgehead atoms. The van der Waals surface area contributed by atoms with E-state index in [1.165, 1.54) is 0 Å². The Morgan fingerprint density at radius 2 is 1.84 bits per heavy atom. The number of aryl methyl sites for hydroxylation is 3. The quantitative estimate of drug-likeness (QED) is 0.465. The molecule has 0 aliphatic rings. The van der Waals surface area contributed by atoms with Gasteiger partial charge in [-0.1, -0.05) is 23.7 Å². The summed E-state index contributed by atoms with van der Waals surface area (Å²) in [4.78, 5) is 12.7. The van der Waals surface area contributed by atoms with Gasteiger partial charge in [0.15, 0.2) is 5.76 Å². The number of hydrogen-bond acceptors (Lipinski definition) is 4. The van der Waals surface area contributed by atoms with Gasteiger partial charge in [-0.3, -0.25) is 14.2 Å². The van der Waals surface area contributed by atoms with Gasteiger partial charge in [-0.25, -0.2) is 0 Å². The van der Waals surface area contributed by atoms with E-state index in [2.05, 4.69) is 15.5 Å². The highest BCUT2D eigenvalue weighted by atomic mass is 35.5. The van der Waals surface area contributed by atoms with Gasteiger partial charge in [0.25, 0.3) is 5.91 Å². The fraction of sp³-hybridized carbons (Fsp3) is 0.261. The summed E-state index contributed by atoms with van der Waals surface area (Å²) >= 11 is 6.20. The molecule has 8 heteroatoms. The fourth-order valence-corrected chi connectivity index (χ4v) is 3.64. The molecule has 0 aliphatic heterocycles. The molecule has 3 aromatic heterocycles. The Balaban J connectivity index is 1.44. The zero-order valence-corrected chi connectivity index (χ0v) is 18.7. The Morgan fingerprint density at radius 1 is 1.03 bits per heavy atom. The Morgan fingerprint density at radius 3 is 2.52 bits per heavy atom. The smallest absolute Gasteiger partial charge is 0.291 e. The molecule has 0 aliphatic carbocycles. The van der Waals surface area contributed by atoms with Crippen LogP contribution in [0.1, 0.15) is 44.7 Å². The zero-order chi connectivity index (χ0) is 22.1. The minimum Gasteiger partial charge on any atom is -0.454 e. The van der Waals surface area contributed by atoms with Crippen molar-refractivity contribution in [2.24, 2.45) is 0 Å². The molecule has 4 rings (SSSR count). The van der Waals surface area contributed by atoms with Crippen molar-refractivity contribution in [3.8, 4) is 0 Å². The lowest BCUT2D eigenvalue weighted by atomic mass is 10.2. The molecular formula is C23H24ClN5O2. The maximum Gasteiger partial charge on any atom is 0.291 e. The molecule has 0 radical (unpaired) electrons. The lowest BCUT2D eigenvalue weighted by Crippen LogP contribution is -2.11. The number of hydrogen-bond donors (Lipinski definition) is 1. The van der Waals surface area contributed by atoms with Crippen LogP contribution >= 0.6 is 11.6 Å². The van der Waals surface area contributed by atoms with Gasteiger partial charge in [0.1, 0.15) is 5.76 Å². The van der Waals surface area contributed by atoms with E-state index >= 15 is 0 Å². The molecular weight excluding hydrogens is 414 g/mol. The Bertz CT molecular complexity index is 1250. The van der Waals surface area contributed by atoms with Crippen LogP contribution in [-0.2, 0) is 13.1 Å². The van der Waals surface area contributed by atoms with E-state index in [-0.39, 0.29) is 11.7 Å². The number of nitrogens with one attached hydrogen (secondary N) is 1. The van der Waals surface area contributed by atoms with Gasteiger partial charge < -0.3 is 9.73 Å². The van der Waals surface area contributed by atoms with Gasteiger partial charge >= 0.3 is 0 Å². The molecule has 160 valence electrons. The van der Waals surface area contributed by atoms with Crippen molar-refractivity contribution in [2.75, 3.05) is 5.32 Å². The number of anilines is 1. The molecule has 7 nitrogen and oxygen atoms in total. The Hall–Kier alpha value is -3.32. The summed E-state index contributed by atoms with van der Waals surface area (Å²) in [6.07, 6.45) is 0. The minimum atomic E-state index is -0.305. The van der Waals surface area contributed by atoms with Crippen molar-refractivity contribution in [2.45, 2.75) is 40.8 Å². The van der Waals surface area contributed by atoms with Crippen LogP contribution in [0.5, 0.6) is 0 Å². The minimum absolute atomic E-state index is 0.242. The molecule has 0 spiro atoms. The Kier molecular flexibility index (Phi) is 5.69. The molecule has 0 saturated heterocycles. The summed E-state index contributed by atoms with van der Waals surface area (Å²) in [5, 5.41) is 12.4. The van der Waals surface area contributed by atoms with Crippen LogP contribution in [0.2, 0.25) is 5.02 Å². The third-order valence-corrected chi connectivity index (χ3v) is 5.65. The maximum atomic E-state index is 12.7. The highest BCUT2D eigenvalue weighted by Gasteiger charge is 2.15. The van der Waals surface area contributed by atoms with Crippen molar-refractivity contribution in [1.82, 2.24) is 19.6 Å². The van der Waals surface area contributed by atoms with Gasteiger partial charge in [-0.05, 0) is 63.6 Å². The second-order valence-electron chi connectivity index (χ2n) is 7.65. The van der Waals surface area contributed by atoms with Crippen LogP contribution in [0.15, 0.2) is 46.9 Å². The first-order valence-corrected chi connectivity index (χ1v) is 10.4. The van der Waals surface area contributed by atoms with E-state index in [0.29, 0.717) is 29.6 Å². The van der Waals surface area contributed by atoms with Gasteiger partial charge in [0, 0.05) is 11.4 Å². The first-order valence-electron chi connectivity index (χ1n) is 9.99. The maximum absolute atomic E-state index is 12.7. The standard InChI is InChI=1S/C23H24ClN5O2/c1-14-10-15(2)28(26-14)12-18-6-5-7-19(11-18)25-23(30)21-9-8-20(31-21)13-29-17(4)22(24)16(3)27-29/h5-11H,12-13H2,1-4H3,(H,25,30). The predicted octanol–water partition coefficient (Wildman–Crippen LogP) is 4.91. The third-order valence-electron chi connectivity index (χ3n) is 5.10. The Labute approximate surface area is 185 Å². The molecule has 4 aromatic rings. The number of furan rings is 1. The van der Waals surface area contributed by atoms with Crippen molar-refractivity contribution in [1.29, 1.82) is 0 Å². The highest BCUT2D eigenvalue weighted by Crippen LogP contribution is 2.21. The summed E-state index contributed by atoms with van der Waals surface area (Å²) in [6, 6.07) is 13.2. The van der Waals surface area contributed by atoms with E-state index in [1.54, 1.807) is 16.8 Å². The van der Waals surface area contributed by atoms with Crippen LogP contribution < -0.4 is 5.32 Å². The predicted molar refractivity (Wildman–Crippen MR) is 120 cm³/mol. The molecule has 1 N–H and O–H groups in total. The van der Waals surface area contributed by atoms with Crippen molar-refractivity contribution >= 4 is 23.2 Å². The number of nitrogens with zero attached hydrogens (tertiary/aromatic N) is 4. The van der Waals surface area contributed by atoms with Gasteiger partial charge in [-0.15, -0.1) is 0 Å². The van der Waals surface area contributed by atoms with Crippen LogP contribution in [0, 0.1) is 27.7 Å². The molecule has 1 amide bonds. The second-order valence-corrected chi connectivity index (χ2v) is 8.03. The summed E-state index contributed by atoms with van der Waals surface area (Å²) in [6.45, 7) is 8.80. The number of benzene rings is 1. The van der Waals surface area contributed by atoms with E-state index in [4.69, 9.17) is 16.0 Å². The second kappa shape index (κ2) is 8.43. The van der Waals surface area contributed by atoms with E-state index in [0.717, 1.165) is 28.3 Å². The van der Waals surface area contributed by atoms with Gasteiger partial charge in [0.05, 0.1) is 35.2 Å². The molecule has 0 atom stereocenters. The zero-order valence-electron chi connectivity index (χ0n) is 17.9. The number of amides is 1. The molecule has 31 heavy (non-hydrogen) atoms. The summed E-state index contributed by atoms with van der Waals surface area (Å²) in [5.41, 5.74) is 5.46. The number of carbonyl (C=O) groups is 1. The van der Waals surface area contributed by atoms with E-state index in [1.807, 2.05) is 62.7 Å². The van der Waals surface area contributed by atoms with Gasteiger partial charge in [-0.2, -0.15) is 10.2 Å². The molecule has 0 fully saturated rings. The molecule has 0 unspecified atom stereocenters. The lowest BCUT2D eigenvalue weighted by molar-refractivity contribution is 0.0994. The third kappa shape index (κ3) is 4.56. The summed E-state index contributed by atoms with van der Waals surface area (Å²) in [5.74, 6) is 0.568. The number of rotatable bonds is 6. The fourth-order valence-electron chi connectivity index (χ4n) is 3.51. The van der Waals surface area contributed by atoms with Crippen molar-refractivity contribution < 1.29 is 9.21 Å². The first-order chi connectivity index (χ1) is 14.8. The molecule has 0 saturated carbocycles. The van der Waals surface area contributed by atoms with Crippen LogP contribution in [0.3, 0.4) is 0 Å². The number of aromatic nitrogens is 4. The SMILES string of the molecule is Cc1cc(C)n(Cc2cccc(NC(=O)c3ccc(Cn4nc(C)c(Cl)c4C)o3)c2)n1. The topological polar surface area (TPSA) is 77.9 Å². The normalized spacial score (nSPS) is 11.1. The van der Waals surface area contributed by atoms with E-state index < -0.39 is 0 Å². The van der Waals surface area contributed by atoms with Crippen LogP contribution in [-0.4, -0.2) is 25.5 Å². The number of halogens is 1. The van der Waals surface area contributed by atoms with Crippen LogP contribution in [0.25, 0.3) is 0 Å².